The number of aliphatic imine (C=N–C) groups is 1. The third kappa shape index (κ3) is 6.69. The first-order valence-electron chi connectivity index (χ1n) is 10.9. The van der Waals surface area contributed by atoms with Crippen LogP contribution in [0.4, 0.5) is 28.4 Å². The van der Waals surface area contributed by atoms with Crippen LogP contribution >= 0.6 is 11.6 Å². The second-order valence-corrected chi connectivity index (χ2v) is 8.41. The first kappa shape index (κ1) is 26.9. The van der Waals surface area contributed by atoms with E-state index < -0.39 is 23.9 Å². The van der Waals surface area contributed by atoms with Crippen LogP contribution in [0.2, 0.25) is 5.02 Å². The minimum atomic E-state index is -4.54. The first-order valence-corrected chi connectivity index (χ1v) is 11.3. The zero-order valence-corrected chi connectivity index (χ0v) is 20.1. The molecule has 3 N–H and O–H groups in total. The maximum absolute atomic E-state index is 13.0. The molecular formula is C24H25ClF3N5O3. The molecule has 3 amide bonds. The maximum atomic E-state index is 13.0. The summed E-state index contributed by atoms with van der Waals surface area (Å²) in [5.74, 6) is 0.383. The van der Waals surface area contributed by atoms with Crippen LogP contribution in [0.25, 0.3) is 0 Å². The van der Waals surface area contributed by atoms with Gasteiger partial charge >= 0.3 is 18.3 Å². The quantitative estimate of drug-likeness (QED) is 0.426. The van der Waals surface area contributed by atoms with Gasteiger partial charge in [0, 0.05) is 29.7 Å². The van der Waals surface area contributed by atoms with Crippen molar-refractivity contribution in [3.05, 3.63) is 77.1 Å². The Bertz CT molecular complexity index is 1130. The van der Waals surface area contributed by atoms with E-state index in [-0.39, 0.29) is 17.6 Å². The number of alkyl halides is 3. The fraction of sp³-hybridized carbons (Fsp3) is 0.292. The molecule has 0 spiro atoms. The van der Waals surface area contributed by atoms with E-state index >= 15 is 0 Å². The lowest BCUT2D eigenvalue weighted by Crippen LogP contribution is -2.45. The van der Waals surface area contributed by atoms with Crippen LogP contribution < -0.4 is 16.0 Å². The minimum Gasteiger partial charge on any atom is -0.453 e. The number of nitrogens with two attached hydrogens (primary N) is 1. The number of methoxy groups -OCH3 is 1. The van der Waals surface area contributed by atoms with Crippen molar-refractivity contribution >= 4 is 35.2 Å². The number of likely N-dealkylation sites (tertiary alicyclic amines) is 1. The van der Waals surface area contributed by atoms with E-state index in [9.17, 15) is 22.8 Å². The van der Waals surface area contributed by atoms with Gasteiger partial charge in [0.05, 0.1) is 18.4 Å². The lowest BCUT2D eigenvalue weighted by Gasteiger charge is -2.34. The van der Waals surface area contributed by atoms with Crippen molar-refractivity contribution in [1.29, 1.82) is 0 Å². The van der Waals surface area contributed by atoms with Gasteiger partial charge in [-0.1, -0.05) is 18.2 Å². The highest BCUT2D eigenvalue weighted by atomic mass is 35.5. The second kappa shape index (κ2) is 11.3. The van der Waals surface area contributed by atoms with Crippen LogP contribution in [-0.2, 0) is 10.9 Å². The predicted octanol–water partition coefficient (Wildman–Crippen LogP) is 4.98. The van der Waals surface area contributed by atoms with Crippen molar-refractivity contribution in [2.75, 3.05) is 25.1 Å². The lowest BCUT2D eigenvalue weighted by atomic mass is 10.1. The second-order valence-electron chi connectivity index (χ2n) is 7.97. The van der Waals surface area contributed by atoms with E-state index in [4.69, 9.17) is 17.3 Å². The lowest BCUT2D eigenvalue weighted by molar-refractivity contribution is -0.137. The van der Waals surface area contributed by atoms with Gasteiger partial charge in [0.25, 0.3) is 0 Å². The van der Waals surface area contributed by atoms with Crippen LogP contribution in [-0.4, -0.2) is 49.1 Å². The normalized spacial score (nSPS) is 14.8. The number of piperidine rings is 1. The van der Waals surface area contributed by atoms with E-state index in [1.165, 1.54) is 7.11 Å². The number of hydrogen-bond donors (Lipinski definition) is 2. The summed E-state index contributed by atoms with van der Waals surface area (Å²) in [5, 5.41) is 3.20. The van der Waals surface area contributed by atoms with Crippen molar-refractivity contribution in [2.45, 2.75) is 25.1 Å². The molecule has 0 atom stereocenters. The number of nitrogens with one attached hydrogen (secondary N) is 1. The van der Waals surface area contributed by atoms with Crippen molar-refractivity contribution in [1.82, 2.24) is 10.2 Å². The molecule has 3 rings (SSSR count). The summed E-state index contributed by atoms with van der Waals surface area (Å²) in [5.41, 5.74) is 5.33. The summed E-state index contributed by atoms with van der Waals surface area (Å²) >= 11 is 6.01. The summed E-state index contributed by atoms with van der Waals surface area (Å²) in [6.07, 6.45) is -3.83. The molecule has 12 heteroatoms. The van der Waals surface area contributed by atoms with E-state index in [1.54, 1.807) is 24.3 Å². The summed E-state index contributed by atoms with van der Waals surface area (Å²) in [7, 11) is 1.29. The molecule has 0 aliphatic carbocycles. The molecule has 0 saturated carbocycles. The van der Waals surface area contributed by atoms with Gasteiger partial charge in [-0.2, -0.15) is 13.2 Å². The largest absolute Gasteiger partial charge is 0.453 e. The fourth-order valence-electron chi connectivity index (χ4n) is 3.70. The average Bonchev–Trinajstić information content (AvgIpc) is 2.84. The number of benzene rings is 2. The molecule has 0 aromatic heterocycles. The van der Waals surface area contributed by atoms with Gasteiger partial charge in [-0.3, -0.25) is 0 Å². The van der Waals surface area contributed by atoms with Gasteiger partial charge in [0.15, 0.2) is 5.84 Å². The number of anilines is 1. The summed E-state index contributed by atoms with van der Waals surface area (Å²) in [6, 6.07) is 9.39. The molecule has 192 valence electrons. The molecule has 2 aromatic carbocycles. The molecule has 1 heterocycles. The van der Waals surface area contributed by atoms with Gasteiger partial charge in [-0.15, -0.1) is 0 Å². The Morgan fingerprint density at radius 3 is 2.22 bits per heavy atom. The summed E-state index contributed by atoms with van der Waals surface area (Å²) in [4.78, 5) is 31.4. The third-order valence-corrected chi connectivity index (χ3v) is 5.84. The number of ether oxygens (including phenoxy) is 1. The van der Waals surface area contributed by atoms with E-state index in [2.05, 4.69) is 21.6 Å². The minimum absolute atomic E-state index is 0.0683. The Morgan fingerprint density at radius 2 is 1.72 bits per heavy atom. The number of alkyl carbamates (subject to hydrolysis) is 1. The molecule has 1 saturated heterocycles. The number of amides is 3. The highest BCUT2D eigenvalue weighted by Crippen LogP contribution is 2.31. The van der Waals surface area contributed by atoms with Crippen molar-refractivity contribution in [2.24, 2.45) is 10.7 Å². The molecular weight excluding hydrogens is 499 g/mol. The third-order valence-electron chi connectivity index (χ3n) is 5.59. The first-order chi connectivity index (χ1) is 17.0. The molecule has 1 aliphatic heterocycles. The van der Waals surface area contributed by atoms with Crippen molar-refractivity contribution in [3.63, 3.8) is 0 Å². The van der Waals surface area contributed by atoms with Crippen molar-refractivity contribution < 1.29 is 27.5 Å². The number of carbonyl (C=O) groups excluding carboxylic acids is 2. The molecule has 2 aromatic rings. The smallest absolute Gasteiger partial charge is 0.416 e. The predicted molar refractivity (Wildman–Crippen MR) is 131 cm³/mol. The van der Waals surface area contributed by atoms with Gasteiger partial charge in [0.1, 0.15) is 5.82 Å². The maximum Gasteiger partial charge on any atom is 0.416 e. The SMILES string of the molecule is C=C(/N=C(/c1ccc(Cl)cc1)N(C(N)=O)c1ccc(C(F)(F)F)cc1)N1CCC(NC(=O)OC)CC1. The van der Waals surface area contributed by atoms with Crippen LogP contribution in [0, 0.1) is 0 Å². The zero-order valence-electron chi connectivity index (χ0n) is 19.4. The van der Waals surface area contributed by atoms with E-state index in [1.807, 2.05) is 4.90 Å². The van der Waals surface area contributed by atoms with E-state index in [0.29, 0.717) is 42.3 Å². The number of amidine groups is 1. The number of nitrogens with zero attached hydrogens (tertiary/aromatic N) is 3. The van der Waals surface area contributed by atoms with Crippen LogP contribution in [0.5, 0.6) is 0 Å². The van der Waals surface area contributed by atoms with Crippen LogP contribution in [0.3, 0.4) is 0 Å². The highest BCUT2D eigenvalue weighted by molar-refractivity contribution is 6.31. The molecule has 36 heavy (non-hydrogen) atoms. The van der Waals surface area contributed by atoms with Crippen LogP contribution in [0.1, 0.15) is 24.0 Å². The number of primary amides is 1. The molecule has 0 unspecified atom stereocenters. The fourth-order valence-corrected chi connectivity index (χ4v) is 3.82. The molecule has 1 fully saturated rings. The molecule has 8 nitrogen and oxygen atoms in total. The highest BCUT2D eigenvalue weighted by Gasteiger charge is 2.31. The Hall–Kier alpha value is -3.73. The number of carbonyl (C=O) groups is 2. The van der Waals surface area contributed by atoms with E-state index in [0.717, 1.165) is 29.2 Å². The summed E-state index contributed by atoms with van der Waals surface area (Å²) < 4.78 is 43.8. The van der Waals surface area contributed by atoms with Crippen LogP contribution in [0.15, 0.2) is 65.9 Å². The number of urea groups is 1. The Kier molecular flexibility index (Phi) is 8.46. The summed E-state index contributed by atoms with van der Waals surface area (Å²) in [6.45, 7) is 5.05. The number of hydrogen-bond acceptors (Lipinski definition) is 5. The Labute approximate surface area is 211 Å². The molecule has 0 bridgehead atoms. The standard InChI is InChI=1S/C24H25ClF3N5O3/c1-15(32-13-11-19(12-14-32)31-23(35)36-2)30-21(16-3-7-18(25)8-4-16)33(22(29)34)20-9-5-17(6-10-20)24(26,27)28/h3-10,19H,1,11-14H2,2H3,(H2,29,34)(H,31,35)/b30-21-. The average molecular weight is 524 g/mol. The van der Waals surface area contributed by atoms with Gasteiger partial charge in [0.2, 0.25) is 0 Å². The topological polar surface area (TPSA) is 100 Å². The Morgan fingerprint density at radius 1 is 1.14 bits per heavy atom. The monoisotopic (exact) mass is 523 g/mol. The molecule has 1 aliphatic rings. The van der Waals surface area contributed by atoms with Gasteiger partial charge in [-0.05, 0) is 61.4 Å². The molecule has 0 radical (unpaired) electrons. The zero-order chi connectivity index (χ0) is 26.5. The Balaban J connectivity index is 1.93. The number of halogens is 4. The van der Waals surface area contributed by atoms with Crippen molar-refractivity contribution in [3.8, 4) is 0 Å². The van der Waals surface area contributed by atoms with Gasteiger partial charge in [-0.25, -0.2) is 19.5 Å². The number of rotatable bonds is 5. The van der Waals surface area contributed by atoms with Gasteiger partial charge < -0.3 is 20.7 Å².